The molecular weight excluding hydrogens is 274 g/mol. The molecule has 1 saturated heterocycles. The first-order valence-corrected chi connectivity index (χ1v) is 7.72. The third-order valence-corrected chi connectivity index (χ3v) is 3.75. The molecule has 0 amide bonds. The Labute approximate surface area is 125 Å². The number of rotatable bonds is 7. The van der Waals surface area contributed by atoms with Gasteiger partial charge in [0.1, 0.15) is 6.61 Å². The van der Waals surface area contributed by atoms with Crippen LogP contribution in [0.1, 0.15) is 43.2 Å². The molecule has 2 rings (SSSR count). The topological polar surface area (TPSA) is 18.5 Å². The average Bonchev–Trinajstić information content (AvgIpc) is 2.48. The molecule has 0 radical (unpaired) electrons. The van der Waals surface area contributed by atoms with Gasteiger partial charge in [-0.3, -0.25) is 0 Å². The van der Waals surface area contributed by atoms with Crippen molar-refractivity contribution in [3.05, 3.63) is 35.4 Å². The quantitative estimate of drug-likeness (QED) is 0.738. The first-order valence-electron chi connectivity index (χ1n) is 7.72. The van der Waals surface area contributed by atoms with Crippen LogP contribution in [-0.4, -0.2) is 25.4 Å². The average molecular weight is 298 g/mol. The lowest BCUT2D eigenvalue weighted by molar-refractivity contribution is -0.201. The normalized spacial score (nSPS) is 19.7. The summed E-state index contributed by atoms with van der Waals surface area (Å²) in [6, 6.07) is 8.02. The lowest BCUT2D eigenvalue weighted by atomic mass is 10.0. The van der Waals surface area contributed by atoms with Crippen molar-refractivity contribution in [2.45, 2.75) is 57.7 Å². The third-order valence-electron chi connectivity index (χ3n) is 3.75. The second kappa shape index (κ2) is 7.85. The minimum absolute atomic E-state index is 0.145. The van der Waals surface area contributed by atoms with Crippen LogP contribution in [0.15, 0.2) is 24.3 Å². The van der Waals surface area contributed by atoms with Crippen LogP contribution in [0.25, 0.3) is 0 Å². The highest BCUT2D eigenvalue weighted by molar-refractivity contribution is 5.21. The van der Waals surface area contributed by atoms with E-state index < -0.39 is 18.8 Å². The summed E-state index contributed by atoms with van der Waals surface area (Å²) < 4.78 is 38.0. The van der Waals surface area contributed by atoms with E-state index in [1.54, 1.807) is 0 Å². The molecule has 1 aliphatic rings. The Balaban J connectivity index is 1.66. The van der Waals surface area contributed by atoms with Gasteiger partial charge < -0.3 is 9.47 Å². The van der Waals surface area contributed by atoms with Crippen molar-refractivity contribution in [3.63, 3.8) is 0 Å². The van der Waals surface area contributed by atoms with Gasteiger partial charge in [-0.15, -0.1) is 0 Å². The smallest absolute Gasteiger partial charge is 0.271 e. The van der Waals surface area contributed by atoms with Crippen LogP contribution in [0.4, 0.5) is 8.78 Å². The van der Waals surface area contributed by atoms with Crippen molar-refractivity contribution in [3.8, 4) is 0 Å². The Morgan fingerprint density at radius 1 is 1.24 bits per heavy atom. The van der Waals surface area contributed by atoms with E-state index in [0.717, 1.165) is 24.8 Å². The van der Waals surface area contributed by atoms with E-state index in [0.29, 0.717) is 19.4 Å². The lowest BCUT2D eigenvalue weighted by Crippen LogP contribution is -2.30. The molecule has 0 N–H and O–H groups in total. The van der Waals surface area contributed by atoms with Crippen LogP contribution in [-0.2, 0) is 15.9 Å². The number of halogens is 2. The van der Waals surface area contributed by atoms with E-state index in [9.17, 15) is 8.78 Å². The van der Waals surface area contributed by atoms with Gasteiger partial charge in [0.2, 0.25) is 0 Å². The van der Waals surface area contributed by atoms with Crippen molar-refractivity contribution in [2.24, 2.45) is 0 Å². The summed E-state index contributed by atoms with van der Waals surface area (Å²) in [7, 11) is 0. The Bertz CT molecular complexity index is 411. The van der Waals surface area contributed by atoms with E-state index in [-0.39, 0.29) is 6.42 Å². The minimum Gasteiger partial charge on any atom is -0.353 e. The molecule has 0 spiro atoms. The minimum atomic E-state index is -2.77. The molecule has 4 heteroatoms. The number of hydrogen-bond donors (Lipinski definition) is 0. The van der Waals surface area contributed by atoms with Crippen LogP contribution in [0.5, 0.6) is 0 Å². The molecule has 1 aromatic rings. The maximum absolute atomic E-state index is 13.8. The van der Waals surface area contributed by atoms with E-state index in [4.69, 9.17) is 9.47 Å². The Morgan fingerprint density at radius 3 is 2.67 bits per heavy atom. The van der Waals surface area contributed by atoms with Crippen molar-refractivity contribution < 1.29 is 18.3 Å². The fourth-order valence-electron chi connectivity index (χ4n) is 2.44. The highest BCUT2D eigenvalue weighted by Crippen LogP contribution is 2.24. The van der Waals surface area contributed by atoms with E-state index >= 15 is 0 Å². The third kappa shape index (κ3) is 6.10. The summed E-state index contributed by atoms with van der Waals surface area (Å²) in [6.07, 6.45) is 3.26. The van der Waals surface area contributed by atoms with Gasteiger partial charge in [0.25, 0.3) is 5.92 Å². The summed E-state index contributed by atoms with van der Waals surface area (Å²) in [5.41, 5.74) is 2.29. The second-order valence-electron chi connectivity index (χ2n) is 5.80. The Morgan fingerprint density at radius 2 is 2.00 bits per heavy atom. The monoisotopic (exact) mass is 298 g/mol. The van der Waals surface area contributed by atoms with Crippen molar-refractivity contribution in [1.29, 1.82) is 0 Å². The maximum Gasteiger partial charge on any atom is 0.271 e. The number of ether oxygens (including phenoxy) is 2. The number of alkyl halides is 2. The van der Waals surface area contributed by atoms with E-state index in [2.05, 4.69) is 0 Å². The van der Waals surface area contributed by atoms with Gasteiger partial charge >= 0.3 is 0 Å². The number of benzene rings is 1. The summed E-state index contributed by atoms with van der Waals surface area (Å²) in [4.78, 5) is 0. The van der Waals surface area contributed by atoms with Crippen molar-refractivity contribution in [1.82, 2.24) is 0 Å². The molecule has 0 aliphatic carbocycles. The summed E-state index contributed by atoms with van der Waals surface area (Å²) >= 11 is 0. The van der Waals surface area contributed by atoms with E-state index in [1.807, 2.05) is 31.2 Å². The highest BCUT2D eigenvalue weighted by atomic mass is 19.3. The Hall–Kier alpha value is -1.00. The molecule has 2 nitrogen and oxygen atoms in total. The molecule has 118 valence electrons. The maximum atomic E-state index is 13.8. The second-order valence-corrected chi connectivity index (χ2v) is 5.80. The summed E-state index contributed by atoms with van der Waals surface area (Å²) in [6.45, 7) is 2.10. The van der Waals surface area contributed by atoms with Crippen LogP contribution < -0.4 is 0 Å². The molecule has 21 heavy (non-hydrogen) atoms. The molecule has 1 heterocycles. The first kappa shape index (κ1) is 16.4. The van der Waals surface area contributed by atoms with Gasteiger partial charge in [0.15, 0.2) is 6.29 Å². The zero-order valence-electron chi connectivity index (χ0n) is 12.6. The molecule has 0 saturated carbocycles. The van der Waals surface area contributed by atoms with Gasteiger partial charge in [-0.05, 0) is 44.6 Å². The molecule has 1 unspecified atom stereocenters. The zero-order valence-corrected chi connectivity index (χ0v) is 12.6. The number of hydrogen-bond acceptors (Lipinski definition) is 2. The van der Waals surface area contributed by atoms with Crippen molar-refractivity contribution >= 4 is 0 Å². The van der Waals surface area contributed by atoms with Gasteiger partial charge in [0.05, 0.1) is 0 Å². The van der Waals surface area contributed by atoms with Gasteiger partial charge in [-0.25, -0.2) is 8.78 Å². The van der Waals surface area contributed by atoms with Crippen LogP contribution >= 0.6 is 0 Å². The predicted octanol–water partition coefficient (Wildman–Crippen LogP) is 4.50. The van der Waals surface area contributed by atoms with Gasteiger partial charge in [0, 0.05) is 13.0 Å². The summed E-state index contributed by atoms with van der Waals surface area (Å²) in [5, 5.41) is 0. The standard InChI is InChI=1S/C17H24F2O2/c1-14-7-9-15(10-8-14)5-4-11-17(18,19)13-21-16-6-2-3-12-20-16/h7-10,16H,2-6,11-13H2,1H3. The molecule has 1 aromatic carbocycles. The first-order chi connectivity index (χ1) is 10.1. The fourth-order valence-corrected chi connectivity index (χ4v) is 2.44. The largest absolute Gasteiger partial charge is 0.353 e. The molecular formula is C17H24F2O2. The van der Waals surface area contributed by atoms with Gasteiger partial charge in [-0.2, -0.15) is 0 Å². The molecule has 0 bridgehead atoms. The molecule has 1 atom stereocenters. The van der Waals surface area contributed by atoms with Crippen molar-refractivity contribution in [2.75, 3.05) is 13.2 Å². The van der Waals surface area contributed by atoms with Crippen LogP contribution in [0, 0.1) is 6.92 Å². The Kier molecular flexibility index (Phi) is 6.12. The molecule has 1 fully saturated rings. The van der Waals surface area contributed by atoms with Gasteiger partial charge in [-0.1, -0.05) is 29.8 Å². The zero-order chi connectivity index (χ0) is 15.1. The fraction of sp³-hybridized carbons (Fsp3) is 0.647. The van der Waals surface area contributed by atoms with E-state index in [1.165, 1.54) is 5.56 Å². The highest BCUT2D eigenvalue weighted by Gasteiger charge is 2.30. The molecule has 1 aliphatic heterocycles. The predicted molar refractivity (Wildman–Crippen MR) is 78.6 cm³/mol. The SMILES string of the molecule is Cc1ccc(CCCC(F)(F)COC2CCCCO2)cc1. The number of aryl methyl sites for hydroxylation is 2. The lowest BCUT2D eigenvalue weighted by Gasteiger charge is -2.25. The molecule has 0 aromatic heterocycles. The summed E-state index contributed by atoms with van der Waals surface area (Å²) in [5.74, 6) is -2.77. The van der Waals surface area contributed by atoms with Crippen LogP contribution in [0.3, 0.4) is 0 Å². The van der Waals surface area contributed by atoms with Crippen LogP contribution in [0.2, 0.25) is 0 Å².